The molecule has 3 rings (SSSR count). The quantitative estimate of drug-likeness (QED) is 0.562. The van der Waals surface area contributed by atoms with Crippen molar-refractivity contribution in [2.75, 3.05) is 0 Å². The number of rotatable bonds is 5. The molecule has 128 valence electrons. The van der Waals surface area contributed by atoms with E-state index in [0.29, 0.717) is 22.4 Å². The van der Waals surface area contributed by atoms with E-state index in [0.717, 1.165) is 27.1 Å². The number of hydrogen-bond donors (Lipinski definition) is 1. The summed E-state index contributed by atoms with van der Waals surface area (Å²) in [6.07, 6.45) is 0.767. The first kappa shape index (κ1) is 17.9. The normalized spacial score (nSPS) is 11.6. The molecule has 0 saturated heterocycles. The maximum absolute atomic E-state index is 11.1. The zero-order valence-electron chi connectivity index (χ0n) is 14.3. The lowest BCUT2D eigenvalue weighted by molar-refractivity contribution is 0.112. The zero-order valence-corrected chi connectivity index (χ0v) is 15.9. The minimum atomic E-state index is -0.0312. The molecule has 0 amide bonds. The molecule has 3 nitrogen and oxygen atoms in total. The number of carbonyl (C=O) groups excluding carboxylic acids is 1. The molecule has 0 radical (unpaired) electrons. The third-order valence-corrected chi connectivity index (χ3v) is 4.80. The standard InChI is InChI=1S/C22H17BrN2O/c1-14(21-9-16(13-26)7-8-18(21)12-24)25-15(2)22-11-19(23)10-17-5-3-4-6-20(17)22/h3-11,13,15,25H,1H2,2H3. The Morgan fingerprint density at radius 2 is 2.00 bits per heavy atom. The molecule has 0 aromatic heterocycles. The van der Waals surface area contributed by atoms with Crippen LogP contribution in [0.3, 0.4) is 0 Å². The van der Waals surface area contributed by atoms with Gasteiger partial charge in [0.1, 0.15) is 6.29 Å². The number of nitriles is 1. The first-order valence-corrected chi connectivity index (χ1v) is 8.96. The summed E-state index contributed by atoms with van der Waals surface area (Å²) in [5.41, 5.74) is 3.38. The lowest BCUT2D eigenvalue weighted by atomic mass is 9.98. The predicted molar refractivity (Wildman–Crippen MR) is 109 cm³/mol. The smallest absolute Gasteiger partial charge is 0.150 e. The van der Waals surface area contributed by atoms with Gasteiger partial charge in [0.05, 0.1) is 11.6 Å². The van der Waals surface area contributed by atoms with Gasteiger partial charge in [0.25, 0.3) is 0 Å². The highest BCUT2D eigenvalue weighted by atomic mass is 79.9. The molecule has 26 heavy (non-hydrogen) atoms. The first-order chi connectivity index (χ1) is 12.5. The molecule has 0 aliphatic rings. The Morgan fingerprint density at radius 3 is 2.73 bits per heavy atom. The second kappa shape index (κ2) is 7.55. The highest BCUT2D eigenvalue weighted by molar-refractivity contribution is 9.10. The monoisotopic (exact) mass is 404 g/mol. The van der Waals surface area contributed by atoms with Crippen molar-refractivity contribution in [2.24, 2.45) is 0 Å². The van der Waals surface area contributed by atoms with Gasteiger partial charge >= 0.3 is 0 Å². The zero-order chi connectivity index (χ0) is 18.7. The van der Waals surface area contributed by atoms with Crippen molar-refractivity contribution in [1.82, 2.24) is 5.32 Å². The summed E-state index contributed by atoms with van der Waals surface area (Å²) in [5, 5.41) is 15.0. The van der Waals surface area contributed by atoms with Gasteiger partial charge in [-0.05, 0) is 47.5 Å². The van der Waals surface area contributed by atoms with E-state index in [2.05, 4.69) is 65.1 Å². The molecule has 4 heteroatoms. The molecule has 0 aliphatic heterocycles. The summed E-state index contributed by atoms with van der Waals surface area (Å²) in [5.74, 6) is 0. The van der Waals surface area contributed by atoms with Crippen LogP contribution in [0.1, 0.15) is 40.0 Å². The van der Waals surface area contributed by atoms with Crippen LogP contribution in [-0.2, 0) is 0 Å². The molecule has 0 spiro atoms. The number of carbonyl (C=O) groups is 1. The largest absolute Gasteiger partial charge is 0.378 e. The van der Waals surface area contributed by atoms with Crippen molar-refractivity contribution in [1.29, 1.82) is 5.26 Å². The number of fused-ring (bicyclic) bond motifs is 1. The summed E-state index contributed by atoms with van der Waals surface area (Å²) >= 11 is 3.57. The number of aldehydes is 1. The molecule has 0 bridgehead atoms. The Bertz CT molecular complexity index is 1050. The van der Waals surface area contributed by atoms with E-state index in [-0.39, 0.29) is 6.04 Å². The molecule has 0 heterocycles. The van der Waals surface area contributed by atoms with Gasteiger partial charge < -0.3 is 5.32 Å². The van der Waals surface area contributed by atoms with Gasteiger partial charge in [-0.2, -0.15) is 5.26 Å². The minimum Gasteiger partial charge on any atom is -0.378 e. The van der Waals surface area contributed by atoms with Crippen LogP contribution in [-0.4, -0.2) is 6.29 Å². The Hall–Kier alpha value is -2.90. The fourth-order valence-electron chi connectivity index (χ4n) is 3.06. The van der Waals surface area contributed by atoms with Crippen LogP contribution in [0, 0.1) is 11.3 Å². The van der Waals surface area contributed by atoms with Gasteiger partial charge in [0.2, 0.25) is 0 Å². The Kier molecular flexibility index (Phi) is 5.20. The number of nitrogens with one attached hydrogen (secondary N) is 1. The summed E-state index contributed by atoms with van der Waals surface area (Å²) in [4.78, 5) is 11.1. The molecule has 0 saturated carbocycles. The van der Waals surface area contributed by atoms with Crippen LogP contribution in [0.2, 0.25) is 0 Å². The molecule has 1 unspecified atom stereocenters. The van der Waals surface area contributed by atoms with E-state index in [9.17, 15) is 10.1 Å². The van der Waals surface area contributed by atoms with Crippen molar-refractivity contribution >= 4 is 38.7 Å². The van der Waals surface area contributed by atoms with Crippen LogP contribution in [0.4, 0.5) is 0 Å². The van der Waals surface area contributed by atoms with E-state index in [1.165, 1.54) is 0 Å². The third-order valence-electron chi connectivity index (χ3n) is 4.34. The van der Waals surface area contributed by atoms with Crippen LogP contribution >= 0.6 is 15.9 Å². The fourth-order valence-corrected chi connectivity index (χ4v) is 3.55. The summed E-state index contributed by atoms with van der Waals surface area (Å²) < 4.78 is 1.01. The Labute approximate surface area is 161 Å². The predicted octanol–water partition coefficient (Wildman–Crippen LogP) is 5.61. The van der Waals surface area contributed by atoms with E-state index < -0.39 is 0 Å². The van der Waals surface area contributed by atoms with Crippen molar-refractivity contribution in [2.45, 2.75) is 13.0 Å². The fraction of sp³-hybridized carbons (Fsp3) is 0.0909. The highest BCUT2D eigenvalue weighted by Gasteiger charge is 2.14. The van der Waals surface area contributed by atoms with E-state index in [4.69, 9.17) is 0 Å². The molecule has 1 atom stereocenters. The second-order valence-corrected chi connectivity index (χ2v) is 7.01. The van der Waals surface area contributed by atoms with Gasteiger partial charge in [0.15, 0.2) is 0 Å². The van der Waals surface area contributed by atoms with Crippen LogP contribution in [0.5, 0.6) is 0 Å². The van der Waals surface area contributed by atoms with Gasteiger partial charge in [-0.3, -0.25) is 4.79 Å². The van der Waals surface area contributed by atoms with Crippen LogP contribution < -0.4 is 5.32 Å². The number of halogens is 1. The van der Waals surface area contributed by atoms with Crippen molar-refractivity contribution < 1.29 is 4.79 Å². The number of benzene rings is 3. The molecule has 3 aromatic rings. The summed E-state index contributed by atoms with van der Waals surface area (Å²) in [6.45, 7) is 6.14. The van der Waals surface area contributed by atoms with Crippen molar-refractivity contribution in [3.63, 3.8) is 0 Å². The van der Waals surface area contributed by atoms with E-state index >= 15 is 0 Å². The van der Waals surface area contributed by atoms with E-state index in [1.807, 2.05) is 12.1 Å². The van der Waals surface area contributed by atoms with E-state index in [1.54, 1.807) is 18.2 Å². The molecule has 1 N–H and O–H groups in total. The molecule has 3 aromatic carbocycles. The summed E-state index contributed by atoms with van der Waals surface area (Å²) in [7, 11) is 0. The lowest BCUT2D eigenvalue weighted by Crippen LogP contribution is -2.17. The Balaban J connectivity index is 1.96. The van der Waals surface area contributed by atoms with Gasteiger partial charge in [-0.25, -0.2) is 0 Å². The SMILES string of the molecule is C=C(NC(C)c1cc(Br)cc2ccccc12)c1cc(C=O)ccc1C#N. The van der Waals surface area contributed by atoms with Crippen LogP contribution in [0.15, 0.2) is 65.6 Å². The van der Waals surface area contributed by atoms with Crippen molar-refractivity contribution in [3.05, 3.63) is 87.9 Å². The molecule has 0 aliphatic carbocycles. The molecule has 0 fully saturated rings. The first-order valence-electron chi connectivity index (χ1n) is 8.17. The number of hydrogen-bond acceptors (Lipinski definition) is 3. The average molecular weight is 405 g/mol. The van der Waals surface area contributed by atoms with Gasteiger partial charge in [-0.1, -0.05) is 52.8 Å². The Morgan fingerprint density at radius 1 is 1.23 bits per heavy atom. The molecular weight excluding hydrogens is 388 g/mol. The maximum Gasteiger partial charge on any atom is 0.150 e. The lowest BCUT2D eigenvalue weighted by Gasteiger charge is -2.20. The molecular formula is C22H17BrN2O. The average Bonchev–Trinajstić information content (AvgIpc) is 2.66. The summed E-state index contributed by atoms with van der Waals surface area (Å²) in [6, 6.07) is 19.5. The second-order valence-electron chi connectivity index (χ2n) is 6.10. The van der Waals surface area contributed by atoms with Gasteiger partial charge in [-0.15, -0.1) is 0 Å². The van der Waals surface area contributed by atoms with Crippen LogP contribution in [0.25, 0.3) is 16.5 Å². The third kappa shape index (κ3) is 3.54. The highest BCUT2D eigenvalue weighted by Crippen LogP contribution is 2.30. The number of nitrogens with zero attached hydrogens (tertiary/aromatic N) is 1. The van der Waals surface area contributed by atoms with Crippen molar-refractivity contribution in [3.8, 4) is 6.07 Å². The minimum absolute atomic E-state index is 0.0312. The van der Waals surface area contributed by atoms with Gasteiger partial charge in [0, 0.05) is 27.3 Å². The topological polar surface area (TPSA) is 52.9 Å². The maximum atomic E-state index is 11.1.